The minimum absolute atomic E-state index is 0.226. The molecule has 10 aromatic carbocycles. The van der Waals surface area contributed by atoms with Gasteiger partial charge in [0, 0.05) is 95.3 Å². The van der Waals surface area contributed by atoms with Crippen molar-refractivity contribution in [2.24, 2.45) is 0 Å². The Kier molecular flexibility index (Phi) is 13.5. The second kappa shape index (κ2) is 21.4. The Balaban J connectivity index is 0.000000123. The standard InChI is InChI=1S/C37H26N2S.C25H19ClN2.C12H9BO2S/c1-37(2)30-22-25(26-17-11-18-28-27-16-9-10-19-31(27)40-35(26)28)20-21-29(30)34-32(37)33(23-12-5-3-6-13-23)38-36(39-34)24-14-7-4-8-15-24;1-25(2)20-15-18(26)13-14-19(20)23-21(25)22(16-9-5-3-6-10-16)27-24(28-23)17-11-7-4-8-12-17;14-13(15)10-6-3-5-9-8-4-1-2-7-11(8)16-12(9)10/h3-22H,1-2H3;3-15H,1-2H3;1-7,14-15H. The summed E-state index contributed by atoms with van der Waals surface area (Å²) in [5.41, 5.74) is 18.1. The minimum atomic E-state index is -1.41. The van der Waals surface area contributed by atoms with Crippen LogP contribution in [0.4, 0.5) is 0 Å². The maximum atomic E-state index is 9.31. The van der Waals surface area contributed by atoms with Crippen molar-refractivity contribution in [2.45, 2.75) is 38.5 Å². The molecule has 6 nitrogen and oxygen atoms in total. The van der Waals surface area contributed by atoms with Gasteiger partial charge in [-0.05, 0) is 63.4 Å². The first-order chi connectivity index (χ1) is 40.9. The number of hydrogen-bond donors (Lipinski definition) is 2. The lowest BCUT2D eigenvalue weighted by Crippen LogP contribution is -2.29. The molecule has 0 saturated carbocycles. The number of thiophene rings is 2. The third-order valence-corrected chi connectivity index (χ3v) is 19.2. The van der Waals surface area contributed by atoms with Crippen LogP contribution in [0.25, 0.3) is 119 Å². The van der Waals surface area contributed by atoms with E-state index in [2.05, 4.69) is 185 Å². The molecule has 0 unspecified atom stereocenters. The monoisotopic (exact) mass is 1140 g/mol. The topological polar surface area (TPSA) is 92.0 Å². The third kappa shape index (κ3) is 9.21. The van der Waals surface area contributed by atoms with E-state index in [1.807, 2.05) is 90.2 Å². The molecular formula is C74H54BClN4O2S2. The molecule has 16 rings (SSSR count). The SMILES string of the molecule is CC1(C)c2cc(-c3cccc4c3sc3ccccc34)ccc2-c2nc(-c3ccccc3)nc(-c3ccccc3)c21.CC1(C)c2cc(Cl)ccc2-c2nc(-c3ccccc3)nc(-c3ccccc3)c21.OB(O)c1cccc2c1sc1ccccc12. The third-order valence-electron chi connectivity index (χ3n) is 16.5. The van der Waals surface area contributed by atoms with Gasteiger partial charge in [-0.25, -0.2) is 19.9 Å². The highest BCUT2D eigenvalue weighted by Crippen LogP contribution is 2.54. The van der Waals surface area contributed by atoms with Crippen molar-refractivity contribution in [3.63, 3.8) is 0 Å². The molecule has 2 aliphatic carbocycles. The molecule has 84 heavy (non-hydrogen) atoms. The first-order valence-electron chi connectivity index (χ1n) is 28.1. The van der Waals surface area contributed by atoms with Gasteiger partial charge in [-0.15, -0.1) is 22.7 Å². The van der Waals surface area contributed by atoms with E-state index in [0.29, 0.717) is 5.46 Å². The fraction of sp³-hybridized carbons (Fsp3) is 0.0811. The molecule has 0 amide bonds. The van der Waals surface area contributed by atoms with E-state index in [1.165, 1.54) is 63.6 Å². The van der Waals surface area contributed by atoms with Crippen LogP contribution in [0.5, 0.6) is 0 Å². The van der Waals surface area contributed by atoms with E-state index in [0.717, 1.165) is 82.9 Å². The minimum Gasteiger partial charge on any atom is -0.423 e. The van der Waals surface area contributed by atoms with Crippen LogP contribution in [0.1, 0.15) is 49.9 Å². The zero-order chi connectivity index (χ0) is 57.3. The smallest absolute Gasteiger partial charge is 0.423 e. The summed E-state index contributed by atoms with van der Waals surface area (Å²) in [6.45, 7) is 9.09. The predicted molar refractivity (Wildman–Crippen MR) is 353 cm³/mol. The molecule has 0 bridgehead atoms. The zero-order valence-electron chi connectivity index (χ0n) is 46.5. The highest BCUT2D eigenvalue weighted by Gasteiger charge is 2.42. The Morgan fingerprint density at radius 2 is 0.762 bits per heavy atom. The fourth-order valence-corrected chi connectivity index (χ4v) is 15.1. The molecule has 404 valence electrons. The van der Waals surface area contributed by atoms with Crippen LogP contribution in [0.2, 0.25) is 5.02 Å². The van der Waals surface area contributed by atoms with Crippen molar-refractivity contribution < 1.29 is 10.0 Å². The van der Waals surface area contributed by atoms with Gasteiger partial charge in [0.05, 0.1) is 22.8 Å². The predicted octanol–water partition coefficient (Wildman–Crippen LogP) is 18.7. The highest BCUT2D eigenvalue weighted by atomic mass is 35.5. The van der Waals surface area contributed by atoms with Crippen LogP contribution in [0.15, 0.2) is 243 Å². The lowest BCUT2D eigenvalue weighted by atomic mass is 9.80. The summed E-state index contributed by atoms with van der Waals surface area (Å²) in [5.74, 6) is 1.51. The lowest BCUT2D eigenvalue weighted by molar-refractivity contribution is 0.426. The fourth-order valence-electron chi connectivity index (χ4n) is 12.4. The number of rotatable bonds is 6. The Bertz CT molecular complexity index is 4840. The Labute approximate surface area is 501 Å². The zero-order valence-corrected chi connectivity index (χ0v) is 48.9. The van der Waals surface area contributed by atoms with Gasteiger partial charge in [-0.3, -0.25) is 0 Å². The van der Waals surface area contributed by atoms with Gasteiger partial charge in [0.25, 0.3) is 0 Å². The molecule has 0 spiro atoms. The van der Waals surface area contributed by atoms with Gasteiger partial charge >= 0.3 is 7.12 Å². The van der Waals surface area contributed by atoms with E-state index in [9.17, 15) is 10.0 Å². The van der Waals surface area contributed by atoms with E-state index in [1.54, 1.807) is 17.4 Å². The quantitative estimate of drug-likeness (QED) is 0.161. The van der Waals surface area contributed by atoms with Gasteiger partial charge in [0.2, 0.25) is 0 Å². The first kappa shape index (κ1) is 53.1. The van der Waals surface area contributed by atoms with Crippen LogP contribution in [0, 0.1) is 0 Å². The lowest BCUT2D eigenvalue weighted by Gasteiger charge is -2.24. The van der Waals surface area contributed by atoms with Crippen molar-refractivity contribution in [3.8, 4) is 78.9 Å². The average molecular weight is 1140 g/mol. The van der Waals surface area contributed by atoms with Gasteiger partial charge in [0.15, 0.2) is 11.6 Å². The molecule has 0 radical (unpaired) electrons. The van der Waals surface area contributed by atoms with E-state index >= 15 is 0 Å². The average Bonchev–Trinajstić information content (AvgIpc) is 1.91. The number of aromatic nitrogens is 4. The second-order valence-electron chi connectivity index (χ2n) is 22.4. The van der Waals surface area contributed by atoms with Crippen molar-refractivity contribution >= 4 is 87.2 Å². The molecule has 0 saturated heterocycles. The summed E-state index contributed by atoms with van der Waals surface area (Å²) in [7, 11) is -1.41. The van der Waals surface area contributed by atoms with Crippen LogP contribution in [0.3, 0.4) is 0 Å². The highest BCUT2D eigenvalue weighted by molar-refractivity contribution is 7.27. The van der Waals surface area contributed by atoms with Crippen LogP contribution < -0.4 is 5.46 Å². The van der Waals surface area contributed by atoms with Gasteiger partial charge in [-0.1, -0.05) is 252 Å². The normalized spacial score (nSPS) is 13.1. The maximum Gasteiger partial charge on any atom is 0.489 e. The van der Waals surface area contributed by atoms with Gasteiger partial charge in [0.1, 0.15) is 0 Å². The summed E-state index contributed by atoms with van der Waals surface area (Å²) < 4.78 is 4.80. The van der Waals surface area contributed by atoms with Crippen molar-refractivity contribution in [2.75, 3.05) is 0 Å². The number of fused-ring (bicyclic) bond motifs is 12. The number of hydrogen-bond acceptors (Lipinski definition) is 8. The summed E-state index contributed by atoms with van der Waals surface area (Å²) in [5, 5.41) is 24.3. The summed E-state index contributed by atoms with van der Waals surface area (Å²) in [6.07, 6.45) is 0. The van der Waals surface area contributed by atoms with Crippen molar-refractivity contribution in [1.82, 2.24) is 19.9 Å². The summed E-state index contributed by atoms with van der Waals surface area (Å²) in [6, 6.07) is 83.6. The summed E-state index contributed by atoms with van der Waals surface area (Å²) in [4.78, 5) is 20.5. The molecule has 0 fully saturated rings. The molecular weight excluding hydrogens is 1090 g/mol. The molecule has 14 aromatic rings. The molecule has 4 heterocycles. The second-order valence-corrected chi connectivity index (χ2v) is 24.9. The van der Waals surface area contributed by atoms with E-state index in [4.69, 9.17) is 31.5 Å². The largest absolute Gasteiger partial charge is 0.489 e. The van der Waals surface area contributed by atoms with E-state index < -0.39 is 7.12 Å². The first-order valence-corrected chi connectivity index (χ1v) is 30.1. The van der Waals surface area contributed by atoms with Crippen LogP contribution in [-0.2, 0) is 10.8 Å². The molecule has 2 aliphatic rings. The van der Waals surface area contributed by atoms with Gasteiger partial charge in [-0.2, -0.15) is 0 Å². The molecule has 2 N–H and O–H groups in total. The maximum absolute atomic E-state index is 9.31. The molecule has 4 aromatic heterocycles. The molecule has 0 aliphatic heterocycles. The Hall–Kier alpha value is -8.93. The Morgan fingerprint density at radius 3 is 1.27 bits per heavy atom. The van der Waals surface area contributed by atoms with E-state index in [-0.39, 0.29) is 10.8 Å². The number of halogens is 1. The van der Waals surface area contributed by atoms with Crippen molar-refractivity contribution in [3.05, 3.63) is 270 Å². The van der Waals surface area contributed by atoms with Crippen LogP contribution >= 0.6 is 34.3 Å². The van der Waals surface area contributed by atoms with Crippen LogP contribution in [-0.4, -0.2) is 37.1 Å². The van der Waals surface area contributed by atoms with Gasteiger partial charge < -0.3 is 10.0 Å². The Morgan fingerprint density at radius 1 is 0.357 bits per heavy atom. The van der Waals surface area contributed by atoms with Crippen molar-refractivity contribution in [1.29, 1.82) is 0 Å². The molecule has 10 heteroatoms. The number of benzene rings is 10. The molecule has 0 atom stereocenters. The number of nitrogens with zero attached hydrogens (tertiary/aromatic N) is 4. The summed E-state index contributed by atoms with van der Waals surface area (Å²) >= 11 is 9.82.